The van der Waals surface area contributed by atoms with E-state index in [1.807, 2.05) is 0 Å². The predicted octanol–water partition coefficient (Wildman–Crippen LogP) is 1.63. The third-order valence-electron chi connectivity index (χ3n) is 2.40. The van der Waals surface area contributed by atoms with Crippen LogP contribution in [0.4, 0.5) is 0 Å². The number of aromatic nitrogens is 2. The maximum Gasteiger partial charge on any atom is 0.163 e. The standard InChI is InChI=1S/C11H14N2O3/c1-6(14)11-12-7-4-9(15-2)10(16-3)5-8(7)13-11/h4-6,14H,1-3H3,(H,12,13). The van der Waals surface area contributed by atoms with Crippen molar-refractivity contribution in [2.75, 3.05) is 14.2 Å². The van der Waals surface area contributed by atoms with Gasteiger partial charge in [0.25, 0.3) is 0 Å². The van der Waals surface area contributed by atoms with E-state index in [2.05, 4.69) is 9.97 Å². The fraction of sp³-hybridized carbons (Fsp3) is 0.364. The first kappa shape index (κ1) is 10.8. The van der Waals surface area contributed by atoms with Crippen molar-refractivity contribution in [3.8, 4) is 11.5 Å². The molecule has 0 saturated carbocycles. The van der Waals surface area contributed by atoms with Gasteiger partial charge in [-0.1, -0.05) is 0 Å². The molecule has 0 saturated heterocycles. The van der Waals surface area contributed by atoms with Gasteiger partial charge in [0.05, 0.1) is 25.3 Å². The maximum absolute atomic E-state index is 9.42. The molecule has 2 rings (SSSR count). The Kier molecular flexibility index (Phi) is 2.70. The number of methoxy groups -OCH3 is 2. The van der Waals surface area contributed by atoms with Crippen molar-refractivity contribution in [2.24, 2.45) is 0 Å². The van der Waals surface area contributed by atoms with E-state index in [9.17, 15) is 5.11 Å². The van der Waals surface area contributed by atoms with Crippen LogP contribution >= 0.6 is 0 Å². The first-order chi connectivity index (χ1) is 7.65. The van der Waals surface area contributed by atoms with Crippen molar-refractivity contribution in [2.45, 2.75) is 13.0 Å². The minimum absolute atomic E-state index is 0.533. The number of hydrogen-bond acceptors (Lipinski definition) is 4. The van der Waals surface area contributed by atoms with Crippen LogP contribution in [-0.2, 0) is 0 Å². The molecule has 0 bridgehead atoms. The lowest BCUT2D eigenvalue weighted by Gasteiger charge is -2.06. The number of H-pyrrole nitrogens is 1. The molecule has 0 aliphatic heterocycles. The molecule has 0 fully saturated rings. The van der Waals surface area contributed by atoms with Gasteiger partial charge in [0.2, 0.25) is 0 Å². The summed E-state index contributed by atoms with van der Waals surface area (Å²) in [5, 5.41) is 9.42. The third kappa shape index (κ3) is 1.69. The summed E-state index contributed by atoms with van der Waals surface area (Å²) in [5.74, 6) is 1.79. The lowest BCUT2D eigenvalue weighted by atomic mass is 10.3. The van der Waals surface area contributed by atoms with E-state index >= 15 is 0 Å². The van der Waals surface area contributed by atoms with Crippen molar-refractivity contribution in [3.05, 3.63) is 18.0 Å². The lowest BCUT2D eigenvalue weighted by molar-refractivity contribution is 0.190. The lowest BCUT2D eigenvalue weighted by Crippen LogP contribution is -1.92. The molecule has 2 aromatic rings. The minimum Gasteiger partial charge on any atom is -0.493 e. The fourth-order valence-electron chi connectivity index (χ4n) is 1.55. The Bertz CT molecular complexity index is 464. The Labute approximate surface area is 93.0 Å². The van der Waals surface area contributed by atoms with Gasteiger partial charge in [-0.25, -0.2) is 4.98 Å². The van der Waals surface area contributed by atoms with Crippen LogP contribution in [0.3, 0.4) is 0 Å². The van der Waals surface area contributed by atoms with E-state index in [4.69, 9.17) is 9.47 Å². The Morgan fingerprint density at radius 1 is 1.25 bits per heavy atom. The van der Waals surface area contributed by atoms with Crippen LogP contribution in [0, 0.1) is 0 Å². The van der Waals surface area contributed by atoms with E-state index in [0.717, 1.165) is 11.0 Å². The summed E-state index contributed by atoms with van der Waals surface area (Å²) < 4.78 is 10.4. The van der Waals surface area contributed by atoms with Crippen molar-refractivity contribution >= 4 is 11.0 Å². The molecule has 0 spiro atoms. The smallest absolute Gasteiger partial charge is 0.163 e. The second-order valence-corrected chi connectivity index (χ2v) is 3.52. The first-order valence-corrected chi connectivity index (χ1v) is 4.95. The van der Waals surface area contributed by atoms with Crippen molar-refractivity contribution in [1.29, 1.82) is 0 Å². The Morgan fingerprint density at radius 3 is 2.44 bits per heavy atom. The summed E-state index contributed by atoms with van der Waals surface area (Å²) in [6.07, 6.45) is -0.621. The van der Waals surface area contributed by atoms with Crippen LogP contribution in [0.1, 0.15) is 18.9 Å². The molecule has 2 N–H and O–H groups in total. The summed E-state index contributed by atoms with van der Waals surface area (Å²) in [4.78, 5) is 7.28. The molecule has 1 unspecified atom stereocenters. The predicted molar refractivity (Wildman–Crippen MR) is 59.8 cm³/mol. The largest absolute Gasteiger partial charge is 0.493 e. The van der Waals surface area contributed by atoms with Crippen molar-refractivity contribution in [1.82, 2.24) is 9.97 Å². The van der Waals surface area contributed by atoms with Gasteiger partial charge >= 0.3 is 0 Å². The quantitative estimate of drug-likeness (QED) is 0.828. The van der Waals surface area contributed by atoms with Gasteiger partial charge in [0.15, 0.2) is 11.5 Å². The molecule has 1 aromatic heterocycles. The highest BCUT2D eigenvalue weighted by atomic mass is 16.5. The fourth-order valence-corrected chi connectivity index (χ4v) is 1.55. The monoisotopic (exact) mass is 222 g/mol. The van der Waals surface area contributed by atoms with Crippen molar-refractivity contribution < 1.29 is 14.6 Å². The summed E-state index contributed by atoms with van der Waals surface area (Å²) in [7, 11) is 3.15. The summed E-state index contributed by atoms with van der Waals surface area (Å²) >= 11 is 0. The molecule has 0 amide bonds. The van der Waals surface area contributed by atoms with Crippen LogP contribution in [0.15, 0.2) is 12.1 Å². The van der Waals surface area contributed by atoms with E-state index in [0.29, 0.717) is 17.3 Å². The molecule has 0 aliphatic carbocycles. The van der Waals surface area contributed by atoms with Crippen LogP contribution in [-0.4, -0.2) is 29.3 Å². The normalized spacial score (nSPS) is 12.8. The van der Waals surface area contributed by atoms with Gasteiger partial charge < -0.3 is 19.6 Å². The zero-order valence-corrected chi connectivity index (χ0v) is 9.44. The summed E-state index contributed by atoms with van der Waals surface area (Å²) in [6.45, 7) is 1.66. The van der Waals surface area contributed by atoms with E-state index in [1.54, 1.807) is 33.3 Å². The van der Waals surface area contributed by atoms with Crippen LogP contribution in [0.5, 0.6) is 11.5 Å². The Balaban J connectivity index is 2.60. The first-order valence-electron chi connectivity index (χ1n) is 4.95. The van der Waals surface area contributed by atoms with E-state index < -0.39 is 6.10 Å². The highest BCUT2D eigenvalue weighted by Gasteiger charge is 2.11. The van der Waals surface area contributed by atoms with Gasteiger partial charge in [0.1, 0.15) is 11.9 Å². The van der Waals surface area contributed by atoms with Gasteiger partial charge in [0, 0.05) is 12.1 Å². The topological polar surface area (TPSA) is 67.4 Å². The van der Waals surface area contributed by atoms with Gasteiger partial charge in [-0.3, -0.25) is 0 Å². The summed E-state index contributed by atoms with van der Waals surface area (Å²) in [6, 6.07) is 3.57. The second-order valence-electron chi connectivity index (χ2n) is 3.52. The molecule has 1 atom stereocenters. The number of rotatable bonds is 3. The summed E-state index contributed by atoms with van der Waals surface area (Å²) in [5.41, 5.74) is 1.56. The average molecular weight is 222 g/mol. The molecule has 5 nitrogen and oxygen atoms in total. The number of hydrogen-bond donors (Lipinski definition) is 2. The zero-order chi connectivity index (χ0) is 11.7. The van der Waals surface area contributed by atoms with Crippen molar-refractivity contribution in [3.63, 3.8) is 0 Å². The number of nitrogens with zero attached hydrogens (tertiary/aromatic N) is 1. The average Bonchev–Trinajstić information content (AvgIpc) is 2.69. The van der Waals surface area contributed by atoms with E-state index in [1.165, 1.54) is 0 Å². The van der Waals surface area contributed by atoms with Gasteiger partial charge in [-0.15, -0.1) is 0 Å². The number of ether oxygens (including phenoxy) is 2. The third-order valence-corrected chi connectivity index (χ3v) is 2.40. The molecule has 0 aliphatic rings. The Morgan fingerprint density at radius 2 is 1.88 bits per heavy atom. The number of fused-ring (bicyclic) bond motifs is 1. The highest BCUT2D eigenvalue weighted by Crippen LogP contribution is 2.31. The molecule has 5 heteroatoms. The molecular formula is C11H14N2O3. The molecule has 0 radical (unpaired) electrons. The van der Waals surface area contributed by atoms with Crippen LogP contribution in [0.25, 0.3) is 11.0 Å². The van der Waals surface area contributed by atoms with Crippen LogP contribution in [0.2, 0.25) is 0 Å². The molecular weight excluding hydrogens is 208 g/mol. The molecule has 1 aromatic carbocycles. The van der Waals surface area contributed by atoms with Gasteiger partial charge in [-0.05, 0) is 6.92 Å². The van der Waals surface area contributed by atoms with Crippen LogP contribution < -0.4 is 9.47 Å². The SMILES string of the molecule is COc1cc2nc(C(C)O)[nH]c2cc1OC. The highest BCUT2D eigenvalue weighted by molar-refractivity contribution is 5.79. The molecule has 1 heterocycles. The number of aliphatic hydroxyl groups excluding tert-OH is 1. The second kappa shape index (κ2) is 4.02. The maximum atomic E-state index is 9.42. The Hall–Kier alpha value is -1.75. The number of aliphatic hydroxyl groups is 1. The molecule has 16 heavy (non-hydrogen) atoms. The van der Waals surface area contributed by atoms with E-state index in [-0.39, 0.29) is 0 Å². The number of aromatic amines is 1. The van der Waals surface area contributed by atoms with Gasteiger partial charge in [-0.2, -0.15) is 0 Å². The minimum atomic E-state index is -0.621. The number of nitrogens with one attached hydrogen (secondary N) is 1. The number of imidazole rings is 1. The zero-order valence-electron chi connectivity index (χ0n) is 9.44. The number of benzene rings is 1. The molecule has 86 valence electrons.